The van der Waals surface area contributed by atoms with E-state index in [1.165, 1.54) is 238 Å². The molecule has 3 unspecified atom stereocenters. The molecule has 0 heterocycles. The number of phosphoric ester groups is 2. The van der Waals surface area contributed by atoms with E-state index in [1.807, 2.05) is 0 Å². The largest absolute Gasteiger partial charge is 0.472 e. The maximum Gasteiger partial charge on any atom is 0.472 e. The molecule has 0 aromatic rings. The third-order valence-corrected chi connectivity index (χ3v) is 20.8. The van der Waals surface area contributed by atoms with E-state index in [0.29, 0.717) is 25.7 Å². The van der Waals surface area contributed by atoms with Gasteiger partial charge in [0.25, 0.3) is 0 Å². The van der Waals surface area contributed by atoms with Crippen molar-refractivity contribution in [3.8, 4) is 0 Å². The molecule has 0 aromatic carbocycles. The van der Waals surface area contributed by atoms with Crippen LogP contribution in [0.2, 0.25) is 0 Å². The van der Waals surface area contributed by atoms with Crippen molar-refractivity contribution in [2.24, 2.45) is 5.92 Å². The second-order valence-electron chi connectivity index (χ2n) is 28.7. The smallest absolute Gasteiger partial charge is 0.462 e. The van der Waals surface area contributed by atoms with Gasteiger partial charge in [-0.1, -0.05) is 369 Å². The van der Waals surface area contributed by atoms with Gasteiger partial charge >= 0.3 is 39.5 Å². The Labute approximate surface area is 600 Å². The zero-order valence-electron chi connectivity index (χ0n) is 63.9. The minimum absolute atomic E-state index is 0.105. The summed E-state index contributed by atoms with van der Waals surface area (Å²) < 4.78 is 68.4. The lowest BCUT2D eigenvalue weighted by Gasteiger charge is -2.21. The molecule has 0 aromatic heterocycles. The van der Waals surface area contributed by atoms with Gasteiger partial charge in [-0.3, -0.25) is 37.3 Å². The zero-order valence-corrected chi connectivity index (χ0v) is 65.7. The van der Waals surface area contributed by atoms with Crippen LogP contribution in [0, 0.1) is 5.92 Å². The number of hydrogen-bond donors (Lipinski definition) is 3. The SMILES string of the molecule is CCCCCCCCCCCCCCCCCCCCCCCC(=O)O[C@H](COC(=O)CCCCCCCCCCCCCCCCCCCCCC)COP(=O)(O)OC[C@@H](O)COP(=O)(O)OC[C@@H](COC(=O)CCCCCCC)OC(=O)CCCCCCCCCCC(C)CC. The number of unbranched alkanes of at least 4 members (excludes halogenated alkanes) is 50. The van der Waals surface area contributed by atoms with E-state index in [4.69, 9.17) is 37.0 Å². The van der Waals surface area contributed by atoms with Crippen molar-refractivity contribution in [2.75, 3.05) is 39.6 Å². The van der Waals surface area contributed by atoms with E-state index in [0.717, 1.165) is 102 Å². The number of carbonyl (C=O) groups is 4. The van der Waals surface area contributed by atoms with Crippen molar-refractivity contribution in [3.05, 3.63) is 0 Å². The fourth-order valence-electron chi connectivity index (χ4n) is 12.2. The van der Waals surface area contributed by atoms with Gasteiger partial charge in [0.05, 0.1) is 26.4 Å². The van der Waals surface area contributed by atoms with Gasteiger partial charge in [-0.2, -0.15) is 0 Å². The summed E-state index contributed by atoms with van der Waals surface area (Å²) in [4.78, 5) is 72.6. The zero-order chi connectivity index (χ0) is 71.9. The highest BCUT2D eigenvalue weighted by atomic mass is 31.2. The molecule has 0 saturated carbocycles. The molecule has 0 rings (SSSR count). The van der Waals surface area contributed by atoms with E-state index in [1.54, 1.807) is 0 Å². The number of esters is 4. The minimum Gasteiger partial charge on any atom is -0.462 e. The van der Waals surface area contributed by atoms with Crippen molar-refractivity contribution < 1.29 is 80.2 Å². The Balaban J connectivity index is 5.11. The Morgan fingerprint density at radius 2 is 0.490 bits per heavy atom. The molecule has 6 atom stereocenters. The lowest BCUT2D eigenvalue weighted by Crippen LogP contribution is -2.30. The first-order valence-electron chi connectivity index (χ1n) is 41.2. The van der Waals surface area contributed by atoms with E-state index in [2.05, 4.69) is 34.6 Å². The van der Waals surface area contributed by atoms with E-state index >= 15 is 0 Å². The molecule has 3 N–H and O–H groups in total. The van der Waals surface area contributed by atoms with Crippen molar-refractivity contribution >= 4 is 39.5 Å². The van der Waals surface area contributed by atoms with Gasteiger partial charge in [0, 0.05) is 25.7 Å². The first kappa shape index (κ1) is 96.1. The molecule has 582 valence electrons. The van der Waals surface area contributed by atoms with Gasteiger partial charge in [-0.05, 0) is 31.6 Å². The van der Waals surface area contributed by atoms with Crippen molar-refractivity contribution in [1.82, 2.24) is 0 Å². The number of hydrogen-bond acceptors (Lipinski definition) is 15. The molecule has 17 nitrogen and oxygen atoms in total. The second kappa shape index (κ2) is 72.0. The van der Waals surface area contributed by atoms with Crippen LogP contribution in [0.25, 0.3) is 0 Å². The topological polar surface area (TPSA) is 237 Å². The standard InChI is InChI=1S/C79H154O17P2/c1-6-10-13-16-18-20-22-24-26-28-30-32-34-36-38-40-42-44-49-54-59-64-78(83)96-75(69-90-77(82)63-58-53-48-43-41-39-37-35-33-31-29-27-25-23-21-19-17-14-11-7-2)71-94-98(87,88)92-67-73(80)66-91-97(85,86)93-70-74(68-89-76(81)62-57-51-15-12-8-3)95-79(84)65-60-55-50-46-45-47-52-56-61-72(5)9-4/h72-75,80H,6-71H2,1-5H3,(H,85,86)(H,87,88)/t72?,73-,74+,75+/m0/s1. The lowest BCUT2D eigenvalue weighted by molar-refractivity contribution is -0.161. The summed E-state index contributed by atoms with van der Waals surface area (Å²) >= 11 is 0. The third-order valence-electron chi connectivity index (χ3n) is 18.9. The van der Waals surface area contributed by atoms with Gasteiger partial charge in [0.15, 0.2) is 12.2 Å². The number of phosphoric acid groups is 2. The fourth-order valence-corrected chi connectivity index (χ4v) is 13.8. The Hall–Kier alpha value is -1.94. The predicted octanol–water partition coefficient (Wildman–Crippen LogP) is 23.6. The highest BCUT2D eigenvalue weighted by molar-refractivity contribution is 7.47. The molecule has 0 fully saturated rings. The number of rotatable bonds is 79. The first-order chi connectivity index (χ1) is 47.6. The molecular weight excluding hydrogens is 1280 g/mol. The highest BCUT2D eigenvalue weighted by Gasteiger charge is 2.30. The Morgan fingerprint density at radius 3 is 0.724 bits per heavy atom. The molecule has 0 bridgehead atoms. The number of carbonyl (C=O) groups excluding carboxylic acids is 4. The van der Waals surface area contributed by atoms with Gasteiger partial charge in [-0.15, -0.1) is 0 Å². The fraction of sp³-hybridized carbons (Fsp3) is 0.949. The third kappa shape index (κ3) is 71.1. The molecule has 0 saturated heterocycles. The molecule has 0 radical (unpaired) electrons. The summed E-state index contributed by atoms with van der Waals surface area (Å²) in [6, 6.07) is 0. The minimum atomic E-state index is -4.96. The van der Waals surface area contributed by atoms with Crippen LogP contribution in [-0.4, -0.2) is 96.7 Å². The van der Waals surface area contributed by atoms with Crippen molar-refractivity contribution in [1.29, 1.82) is 0 Å². The predicted molar refractivity (Wildman–Crippen MR) is 400 cm³/mol. The molecule has 0 aliphatic carbocycles. The molecule has 0 aliphatic rings. The summed E-state index contributed by atoms with van der Waals surface area (Å²) in [6.07, 6.45) is 63.1. The Morgan fingerprint density at radius 1 is 0.286 bits per heavy atom. The monoisotopic (exact) mass is 1440 g/mol. The van der Waals surface area contributed by atoms with Crippen LogP contribution in [0.3, 0.4) is 0 Å². The summed E-state index contributed by atoms with van der Waals surface area (Å²) in [6.45, 7) is 7.21. The van der Waals surface area contributed by atoms with Crippen LogP contribution in [-0.2, 0) is 65.4 Å². The maximum atomic E-state index is 13.1. The van der Waals surface area contributed by atoms with Crippen LogP contribution in [0.1, 0.15) is 420 Å². The Kier molecular flexibility index (Phi) is 70.6. The second-order valence-corrected chi connectivity index (χ2v) is 31.6. The van der Waals surface area contributed by atoms with Crippen LogP contribution >= 0.6 is 15.6 Å². The molecule has 98 heavy (non-hydrogen) atoms. The van der Waals surface area contributed by atoms with E-state index in [9.17, 15) is 43.2 Å². The van der Waals surface area contributed by atoms with Gasteiger partial charge in [0.2, 0.25) is 0 Å². The summed E-state index contributed by atoms with van der Waals surface area (Å²) in [5.41, 5.74) is 0. The van der Waals surface area contributed by atoms with E-state index in [-0.39, 0.29) is 25.7 Å². The molecule has 19 heteroatoms. The van der Waals surface area contributed by atoms with Crippen LogP contribution in [0.15, 0.2) is 0 Å². The average molecular weight is 1440 g/mol. The molecule has 0 spiro atoms. The lowest BCUT2D eigenvalue weighted by atomic mass is 9.99. The quantitative estimate of drug-likeness (QED) is 0.0222. The van der Waals surface area contributed by atoms with Crippen molar-refractivity contribution in [3.63, 3.8) is 0 Å². The number of aliphatic hydroxyl groups excluding tert-OH is 1. The molecule has 0 amide bonds. The average Bonchev–Trinajstić information content (AvgIpc) is 1.22. The summed E-state index contributed by atoms with van der Waals surface area (Å²) in [5, 5.41) is 10.6. The van der Waals surface area contributed by atoms with Gasteiger partial charge in [0.1, 0.15) is 19.3 Å². The Bertz CT molecular complexity index is 1880. The summed E-state index contributed by atoms with van der Waals surface area (Å²) in [7, 11) is -9.90. The van der Waals surface area contributed by atoms with E-state index < -0.39 is 97.5 Å². The number of aliphatic hydroxyl groups is 1. The summed E-state index contributed by atoms with van der Waals surface area (Å²) in [5.74, 6) is -1.35. The van der Waals surface area contributed by atoms with Crippen molar-refractivity contribution in [2.45, 2.75) is 438 Å². The van der Waals surface area contributed by atoms with Crippen LogP contribution < -0.4 is 0 Å². The van der Waals surface area contributed by atoms with Crippen LogP contribution in [0.5, 0.6) is 0 Å². The van der Waals surface area contributed by atoms with Crippen LogP contribution in [0.4, 0.5) is 0 Å². The number of ether oxygens (including phenoxy) is 4. The first-order valence-corrected chi connectivity index (χ1v) is 44.2. The van der Waals surface area contributed by atoms with Gasteiger partial charge < -0.3 is 33.8 Å². The normalized spacial score (nSPS) is 14.2. The molecular formula is C79H154O17P2. The highest BCUT2D eigenvalue weighted by Crippen LogP contribution is 2.45. The maximum absolute atomic E-state index is 13.1. The van der Waals surface area contributed by atoms with Gasteiger partial charge in [-0.25, -0.2) is 9.13 Å². The molecule has 0 aliphatic heterocycles.